The molecule has 3 aliphatic heterocycles. The van der Waals surface area contributed by atoms with Crippen LogP contribution in [0.3, 0.4) is 0 Å². The van der Waals surface area contributed by atoms with E-state index in [1.165, 1.54) is 25.5 Å². The van der Waals surface area contributed by atoms with Gasteiger partial charge in [0.05, 0.1) is 62.8 Å². The number of fused-ring (bicyclic) bond motifs is 1. The van der Waals surface area contributed by atoms with E-state index >= 15 is 0 Å². The van der Waals surface area contributed by atoms with Crippen LogP contribution in [0.1, 0.15) is 18.4 Å². The molecule has 1 aromatic rings. The number of hydrogen-bond donors (Lipinski definition) is 8. The predicted octanol–water partition coefficient (Wildman–Crippen LogP) is -2.60. The van der Waals surface area contributed by atoms with Crippen molar-refractivity contribution in [3.63, 3.8) is 0 Å². The van der Waals surface area contributed by atoms with Gasteiger partial charge in [-0.3, -0.25) is 4.79 Å². The van der Waals surface area contributed by atoms with Gasteiger partial charge in [-0.15, -0.1) is 0 Å². The quantitative estimate of drug-likeness (QED) is 0.165. The molecule has 4 aliphatic rings. The normalized spacial score (nSPS) is 42.8. The molecular formula is C27H36O14. The molecule has 0 aromatic heterocycles. The Bertz CT molecular complexity index is 1140. The Kier molecular flexibility index (Phi) is 8.61. The maximum Gasteiger partial charge on any atom is 0.186 e. The summed E-state index contributed by atoms with van der Waals surface area (Å²) in [6, 6.07) is 4.44. The van der Waals surface area contributed by atoms with Gasteiger partial charge in [-0.2, -0.15) is 0 Å². The van der Waals surface area contributed by atoms with Crippen LogP contribution in [-0.2, 0) is 23.7 Å². The SMILES string of the molecule is COc1cc(C2=COC3C(CCC(O)C3[C@@H]3O[C@H](CO[C@@H]4OC[C@](O)(CO)[C@H]4O)[C@@H](O)[C@H](O)[C@H]3O)C2=O)ccc1O. The third kappa shape index (κ3) is 5.33. The summed E-state index contributed by atoms with van der Waals surface area (Å²) < 4.78 is 27.7. The van der Waals surface area contributed by atoms with Gasteiger partial charge < -0.3 is 64.5 Å². The highest BCUT2D eigenvalue weighted by Crippen LogP contribution is 2.44. The number of phenolic OH excluding ortho intramolecular Hbond substituents is 1. The number of Topliss-reactive ketones (excluding diaryl/α,β-unsaturated/α-hetero) is 1. The Morgan fingerprint density at radius 2 is 1.80 bits per heavy atom. The number of ether oxygens (including phenoxy) is 5. The fraction of sp³-hybridized carbons (Fsp3) is 0.667. The Labute approximate surface area is 234 Å². The molecule has 41 heavy (non-hydrogen) atoms. The smallest absolute Gasteiger partial charge is 0.186 e. The van der Waals surface area contributed by atoms with E-state index in [1.807, 2.05) is 0 Å². The summed E-state index contributed by atoms with van der Waals surface area (Å²) in [5, 5.41) is 82.7. The van der Waals surface area contributed by atoms with Gasteiger partial charge in [0.2, 0.25) is 0 Å². The number of benzene rings is 1. The highest BCUT2D eigenvalue weighted by atomic mass is 16.7. The average Bonchev–Trinajstić information content (AvgIpc) is 3.26. The van der Waals surface area contributed by atoms with E-state index in [1.54, 1.807) is 6.07 Å². The molecule has 1 saturated carbocycles. The van der Waals surface area contributed by atoms with Gasteiger partial charge in [-0.05, 0) is 30.5 Å². The molecule has 2 saturated heterocycles. The predicted molar refractivity (Wildman–Crippen MR) is 135 cm³/mol. The summed E-state index contributed by atoms with van der Waals surface area (Å²) >= 11 is 0. The lowest BCUT2D eigenvalue weighted by molar-refractivity contribution is -0.275. The molecule has 3 heterocycles. The number of rotatable bonds is 7. The molecule has 3 fully saturated rings. The second kappa shape index (κ2) is 11.7. The van der Waals surface area contributed by atoms with Gasteiger partial charge >= 0.3 is 0 Å². The summed E-state index contributed by atoms with van der Waals surface area (Å²) in [6.45, 7) is -1.63. The zero-order chi connectivity index (χ0) is 29.6. The monoisotopic (exact) mass is 584 g/mol. The Morgan fingerprint density at radius 1 is 1.05 bits per heavy atom. The van der Waals surface area contributed by atoms with Crippen LogP contribution in [0.4, 0.5) is 0 Å². The molecule has 8 N–H and O–H groups in total. The minimum absolute atomic E-state index is 0.0967. The van der Waals surface area contributed by atoms with E-state index in [9.17, 15) is 45.6 Å². The maximum atomic E-state index is 13.6. The lowest BCUT2D eigenvalue weighted by Gasteiger charge is -2.50. The van der Waals surface area contributed by atoms with Gasteiger partial charge in [0.15, 0.2) is 23.6 Å². The molecule has 5 rings (SSSR count). The first kappa shape index (κ1) is 30.1. The largest absolute Gasteiger partial charge is 0.504 e. The molecule has 228 valence electrons. The zero-order valence-corrected chi connectivity index (χ0v) is 22.2. The first-order valence-electron chi connectivity index (χ1n) is 13.4. The van der Waals surface area contributed by atoms with Crippen molar-refractivity contribution in [1.29, 1.82) is 0 Å². The molecule has 0 radical (unpaired) electrons. The second-order valence-electron chi connectivity index (χ2n) is 11.0. The van der Waals surface area contributed by atoms with Crippen molar-refractivity contribution in [2.24, 2.45) is 11.8 Å². The minimum atomic E-state index is -1.93. The zero-order valence-electron chi connectivity index (χ0n) is 22.2. The van der Waals surface area contributed by atoms with E-state index in [-0.39, 0.29) is 35.7 Å². The van der Waals surface area contributed by atoms with E-state index in [4.69, 9.17) is 23.7 Å². The van der Waals surface area contributed by atoms with Crippen LogP contribution in [0.2, 0.25) is 0 Å². The topological polar surface area (TPSA) is 225 Å². The molecular weight excluding hydrogens is 548 g/mol. The minimum Gasteiger partial charge on any atom is -0.504 e. The van der Waals surface area contributed by atoms with Crippen LogP contribution >= 0.6 is 0 Å². The molecule has 0 amide bonds. The number of ketones is 1. The van der Waals surface area contributed by atoms with Crippen molar-refractivity contribution >= 4 is 11.4 Å². The van der Waals surface area contributed by atoms with Gasteiger partial charge in [0, 0.05) is 0 Å². The first-order valence-corrected chi connectivity index (χ1v) is 13.4. The van der Waals surface area contributed by atoms with Crippen molar-refractivity contribution in [2.45, 2.75) is 73.6 Å². The molecule has 1 aromatic carbocycles. The summed E-state index contributed by atoms with van der Waals surface area (Å²) in [6.07, 6.45) is -10.8. The number of methoxy groups -OCH3 is 1. The third-order valence-electron chi connectivity index (χ3n) is 8.56. The van der Waals surface area contributed by atoms with Gasteiger partial charge in [-0.25, -0.2) is 0 Å². The van der Waals surface area contributed by atoms with Crippen molar-refractivity contribution in [3.8, 4) is 11.5 Å². The molecule has 0 bridgehead atoms. The molecule has 1 aliphatic carbocycles. The standard InChI is InChI=1S/C27H36O14/c1-37-16-6-11(2-4-14(16)29)13-7-38-23-12(19(13)31)3-5-15(30)18(23)24-22(34)21(33)20(32)17(41-24)8-39-26-25(35)27(36,9-28)10-40-26/h2,4,6-7,12,15,17-18,20-26,28-30,32-36H,3,5,8-10H2,1H3/t12?,15?,17-,18?,20-,21+,22-,23?,24+,25+,26-,27-/m1/s1. The number of aliphatic hydroxyl groups is 7. The Balaban J connectivity index is 1.34. The second-order valence-corrected chi connectivity index (χ2v) is 11.0. The lowest BCUT2D eigenvalue weighted by Crippen LogP contribution is -2.65. The lowest BCUT2D eigenvalue weighted by atomic mass is 9.68. The number of aromatic hydroxyl groups is 1. The van der Waals surface area contributed by atoms with Crippen LogP contribution < -0.4 is 4.74 Å². The number of hydrogen-bond acceptors (Lipinski definition) is 14. The molecule has 0 spiro atoms. The number of carbonyl (C=O) groups excluding carboxylic acids is 1. The summed E-state index contributed by atoms with van der Waals surface area (Å²) in [7, 11) is 1.38. The van der Waals surface area contributed by atoms with Crippen LogP contribution in [0.25, 0.3) is 5.57 Å². The highest BCUT2D eigenvalue weighted by molar-refractivity contribution is 6.22. The number of carbonyl (C=O) groups is 1. The van der Waals surface area contributed by atoms with Crippen LogP contribution in [0.5, 0.6) is 11.5 Å². The molecule has 12 atom stereocenters. The van der Waals surface area contributed by atoms with E-state index < -0.39 is 92.4 Å². The average molecular weight is 585 g/mol. The fourth-order valence-electron chi connectivity index (χ4n) is 6.09. The van der Waals surface area contributed by atoms with Crippen molar-refractivity contribution in [3.05, 3.63) is 30.0 Å². The van der Waals surface area contributed by atoms with Crippen LogP contribution in [0, 0.1) is 11.8 Å². The van der Waals surface area contributed by atoms with Crippen LogP contribution in [0.15, 0.2) is 24.5 Å². The maximum absolute atomic E-state index is 13.6. The van der Waals surface area contributed by atoms with Gasteiger partial charge in [0.25, 0.3) is 0 Å². The Hall–Kier alpha value is -2.37. The van der Waals surface area contributed by atoms with Gasteiger partial charge in [0.1, 0.15) is 42.2 Å². The van der Waals surface area contributed by atoms with E-state index in [2.05, 4.69) is 0 Å². The third-order valence-corrected chi connectivity index (χ3v) is 8.56. The van der Waals surface area contributed by atoms with Crippen molar-refractivity contribution in [2.75, 3.05) is 26.9 Å². The fourth-order valence-corrected chi connectivity index (χ4v) is 6.09. The number of aliphatic hydroxyl groups excluding tert-OH is 6. The highest BCUT2D eigenvalue weighted by Gasteiger charge is 2.56. The number of allylic oxidation sites excluding steroid dienone is 1. The Morgan fingerprint density at radius 3 is 2.49 bits per heavy atom. The summed E-state index contributed by atoms with van der Waals surface area (Å²) in [5.74, 6) is -1.92. The summed E-state index contributed by atoms with van der Waals surface area (Å²) in [5.41, 5.74) is -1.23. The first-order chi connectivity index (χ1) is 19.5. The van der Waals surface area contributed by atoms with Gasteiger partial charge in [-0.1, -0.05) is 6.07 Å². The van der Waals surface area contributed by atoms with Crippen molar-refractivity contribution < 1.29 is 69.3 Å². The molecule has 14 nitrogen and oxygen atoms in total. The van der Waals surface area contributed by atoms with Crippen molar-refractivity contribution in [1.82, 2.24) is 0 Å². The van der Waals surface area contributed by atoms with Crippen LogP contribution in [-0.4, -0.2) is 134 Å². The molecule has 4 unspecified atom stereocenters. The van der Waals surface area contributed by atoms with E-state index in [0.717, 1.165) is 0 Å². The summed E-state index contributed by atoms with van der Waals surface area (Å²) in [4.78, 5) is 13.6. The molecule has 14 heteroatoms. The van der Waals surface area contributed by atoms with E-state index in [0.29, 0.717) is 5.56 Å². The number of phenols is 1.